The highest BCUT2D eigenvalue weighted by molar-refractivity contribution is 7.99. The van der Waals surface area contributed by atoms with Crippen molar-refractivity contribution < 1.29 is 5.11 Å². The van der Waals surface area contributed by atoms with E-state index in [9.17, 15) is 5.11 Å². The van der Waals surface area contributed by atoms with Crippen LogP contribution in [0.4, 0.5) is 0 Å². The molecule has 1 aliphatic carbocycles. The fraction of sp³-hybridized carbons (Fsp3) is 0.600. The van der Waals surface area contributed by atoms with E-state index in [4.69, 9.17) is 0 Å². The van der Waals surface area contributed by atoms with Gasteiger partial charge in [-0.25, -0.2) is 0 Å². The van der Waals surface area contributed by atoms with Gasteiger partial charge in [0, 0.05) is 16.1 Å². The molecule has 0 saturated heterocycles. The molecule has 0 aliphatic heterocycles. The van der Waals surface area contributed by atoms with E-state index in [1.807, 2.05) is 17.8 Å². The second kappa shape index (κ2) is 5.45. The Balaban J connectivity index is 2.05. The van der Waals surface area contributed by atoms with Crippen LogP contribution in [0.25, 0.3) is 0 Å². The number of thioether (sulfide) groups is 1. The first-order valence-corrected chi connectivity index (χ1v) is 7.49. The minimum absolute atomic E-state index is 0.112. The molecule has 1 N–H and O–H groups in total. The van der Waals surface area contributed by atoms with Gasteiger partial charge in [0.15, 0.2) is 0 Å². The molecule has 2 atom stereocenters. The molecule has 0 radical (unpaired) electrons. The average Bonchev–Trinajstić information content (AvgIpc) is 2.71. The number of rotatable bonds is 4. The SMILES string of the molecule is CC(C)[C@@]1(CSc2ccccc2)CCC[C@H]1O. The van der Waals surface area contributed by atoms with Gasteiger partial charge in [-0.15, -0.1) is 11.8 Å². The zero-order valence-electron chi connectivity index (χ0n) is 10.7. The van der Waals surface area contributed by atoms with Crippen molar-refractivity contribution in [3.63, 3.8) is 0 Å². The van der Waals surface area contributed by atoms with E-state index >= 15 is 0 Å². The van der Waals surface area contributed by atoms with Gasteiger partial charge in [0.25, 0.3) is 0 Å². The highest BCUT2D eigenvalue weighted by Crippen LogP contribution is 2.47. The van der Waals surface area contributed by atoms with Crippen LogP contribution >= 0.6 is 11.8 Å². The van der Waals surface area contributed by atoms with Crippen LogP contribution in [0.3, 0.4) is 0 Å². The first-order chi connectivity index (χ1) is 8.15. The zero-order chi connectivity index (χ0) is 12.3. The van der Waals surface area contributed by atoms with Gasteiger partial charge in [0.1, 0.15) is 0 Å². The van der Waals surface area contributed by atoms with Gasteiger partial charge in [0.2, 0.25) is 0 Å². The third-order valence-electron chi connectivity index (χ3n) is 4.18. The molecule has 1 aromatic rings. The largest absolute Gasteiger partial charge is 0.393 e. The summed E-state index contributed by atoms with van der Waals surface area (Å²) >= 11 is 1.89. The van der Waals surface area contributed by atoms with Crippen molar-refractivity contribution in [1.29, 1.82) is 0 Å². The summed E-state index contributed by atoms with van der Waals surface area (Å²) in [5.74, 6) is 1.59. The molecular formula is C15H22OS. The summed E-state index contributed by atoms with van der Waals surface area (Å²) in [7, 11) is 0. The van der Waals surface area contributed by atoms with Crippen LogP contribution in [-0.2, 0) is 0 Å². The van der Waals surface area contributed by atoms with Crippen molar-refractivity contribution in [3.05, 3.63) is 30.3 Å². The number of benzene rings is 1. The lowest BCUT2D eigenvalue weighted by Crippen LogP contribution is -2.37. The van der Waals surface area contributed by atoms with Crippen LogP contribution in [0.5, 0.6) is 0 Å². The molecule has 17 heavy (non-hydrogen) atoms. The minimum atomic E-state index is -0.112. The van der Waals surface area contributed by atoms with Gasteiger partial charge in [0.05, 0.1) is 6.10 Å². The fourth-order valence-corrected chi connectivity index (χ4v) is 4.28. The maximum Gasteiger partial charge on any atom is 0.0606 e. The topological polar surface area (TPSA) is 20.2 Å². The van der Waals surface area contributed by atoms with Crippen LogP contribution < -0.4 is 0 Å². The van der Waals surface area contributed by atoms with Gasteiger partial charge in [-0.05, 0) is 30.9 Å². The second-order valence-electron chi connectivity index (χ2n) is 5.40. The molecule has 2 rings (SSSR count). The Hall–Kier alpha value is -0.470. The predicted octanol–water partition coefficient (Wildman–Crippen LogP) is 3.97. The summed E-state index contributed by atoms with van der Waals surface area (Å²) in [6.45, 7) is 4.50. The molecule has 0 aromatic heterocycles. The monoisotopic (exact) mass is 250 g/mol. The lowest BCUT2D eigenvalue weighted by molar-refractivity contribution is 0.0355. The Kier molecular flexibility index (Phi) is 4.16. The Bertz CT molecular complexity index is 349. The Morgan fingerprint density at radius 3 is 2.59 bits per heavy atom. The highest BCUT2D eigenvalue weighted by Gasteiger charge is 2.44. The smallest absolute Gasteiger partial charge is 0.0606 e. The van der Waals surface area contributed by atoms with Gasteiger partial charge < -0.3 is 5.11 Å². The molecule has 0 bridgehead atoms. The molecule has 1 saturated carbocycles. The number of hydrogen-bond acceptors (Lipinski definition) is 2. The van der Waals surface area contributed by atoms with E-state index in [0.717, 1.165) is 12.2 Å². The molecule has 1 aliphatic rings. The number of aliphatic hydroxyl groups excluding tert-OH is 1. The standard InChI is InChI=1S/C15H22OS/c1-12(2)15(10-6-9-14(15)16)11-17-13-7-4-3-5-8-13/h3-5,7-8,12,14,16H,6,9-11H2,1-2H3/t14-,15+/m1/s1. The molecular weight excluding hydrogens is 228 g/mol. The van der Waals surface area contributed by atoms with Crippen molar-refractivity contribution in [3.8, 4) is 0 Å². The highest BCUT2D eigenvalue weighted by atomic mass is 32.2. The third kappa shape index (κ3) is 2.69. The molecule has 94 valence electrons. The summed E-state index contributed by atoms with van der Waals surface area (Å²) in [6.07, 6.45) is 3.21. The van der Waals surface area contributed by atoms with E-state index < -0.39 is 0 Å². The van der Waals surface area contributed by atoms with Crippen LogP contribution in [0.2, 0.25) is 0 Å². The molecule has 0 unspecified atom stereocenters. The zero-order valence-corrected chi connectivity index (χ0v) is 11.5. The van der Waals surface area contributed by atoms with Crippen molar-refractivity contribution in [2.24, 2.45) is 11.3 Å². The first-order valence-electron chi connectivity index (χ1n) is 6.51. The molecule has 0 spiro atoms. The number of aliphatic hydroxyl groups is 1. The molecule has 1 aromatic carbocycles. The molecule has 1 fully saturated rings. The Morgan fingerprint density at radius 2 is 2.06 bits per heavy atom. The lowest BCUT2D eigenvalue weighted by atomic mass is 9.76. The molecule has 2 heteroatoms. The predicted molar refractivity (Wildman–Crippen MR) is 74.3 cm³/mol. The van der Waals surface area contributed by atoms with Gasteiger partial charge >= 0.3 is 0 Å². The molecule has 0 heterocycles. The molecule has 1 nitrogen and oxygen atoms in total. The van der Waals surface area contributed by atoms with E-state index in [2.05, 4.69) is 38.1 Å². The van der Waals surface area contributed by atoms with E-state index in [-0.39, 0.29) is 11.5 Å². The van der Waals surface area contributed by atoms with Gasteiger partial charge in [-0.3, -0.25) is 0 Å². The summed E-state index contributed by atoms with van der Waals surface area (Å²) in [5, 5.41) is 10.3. The first kappa shape index (κ1) is 13.0. The summed E-state index contributed by atoms with van der Waals surface area (Å²) < 4.78 is 0. The van der Waals surface area contributed by atoms with E-state index in [1.54, 1.807) is 0 Å². The second-order valence-corrected chi connectivity index (χ2v) is 6.45. The van der Waals surface area contributed by atoms with Crippen LogP contribution in [0, 0.1) is 11.3 Å². The van der Waals surface area contributed by atoms with Gasteiger partial charge in [-0.2, -0.15) is 0 Å². The molecule has 0 amide bonds. The van der Waals surface area contributed by atoms with Crippen molar-refractivity contribution in [1.82, 2.24) is 0 Å². The van der Waals surface area contributed by atoms with E-state index in [1.165, 1.54) is 17.7 Å². The third-order valence-corrected chi connectivity index (χ3v) is 5.47. The summed E-state index contributed by atoms with van der Waals surface area (Å²) in [5.41, 5.74) is 0.126. The Morgan fingerprint density at radius 1 is 1.35 bits per heavy atom. The summed E-state index contributed by atoms with van der Waals surface area (Å²) in [4.78, 5) is 1.31. The Labute approximate surface area is 109 Å². The normalized spacial score (nSPS) is 28.8. The van der Waals surface area contributed by atoms with Crippen LogP contribution in [0.15, 0.2) is 35.2 Å². The van der Waals surface area contributed by atoms with Crippen molar-refractivity contribution in [2.45, 2.75) is 44.1 Å². The van der Waals surface area contributed by atoms with Crippen molar-refractivity contribution in [2.75, 3.05) is 5.75 Å². The lowest BCUT2D eigenvalue weighted by Gasteiger charge is -2.36. The average molecular weight is 250 g/mol. The van der Waals surface area contributed by atoms with Crippen molar-refractivity contribution >= 4 is 11.8 Å². The van der Waals surface area contributed by atoms with Crippen LogP contribution in [-0.4, -0.2) is 17.0 Å². The number of hydrogen-bond donors (Lipinski definition) is 1. The fourth-order valence-electron chi connectivity index (χ4n) is 2.82. The van der Waals surface area contributed by atoms with Gasteiger partial charge in [-0.1, -0.05) is 38.5 Å². The maximum absolute atomic E-state index is 10.3. The minimum Gasteiger partial charge on any atom is -0.393 e. The maximum atomic E-state index is 10.3. The summed E-state index contributed by atoms with van der Waals surface area (Å²) in [6, 6.07) is 10.5. The van der Waals surface area contributed by atoms with E-state index in [0.29, 0.717) is 5.92 Å². The van der Waals surface area contributed by atoms with Crippen LogP contribution in [0.1, 0.15) is 33.1 Å². The quantitative estimate of drug-likeness (QED) is 0.816.